The molecule has 1 aliphatic rings. The minimum atomic E-state index is -0.111. The van der Waals surface area contributed by atoms with Gasteiger partial charge in [-0.3, -0.25) is 4.79 Å². The Labute approximate surface area is 179 Å². The lowest BCUT2D eigenvalue weighted by molar-refractivity contribution is -0.128. The quantitative estimate of drug-likeness (QED) is 0.363. The summed E-state index contributed by atoms with van der Waals surface area (Å²) in [4.78, 5) is 18.5. The van der Waals surface area contributed by atoms with Gasteiger partial charge in [-0.2, -0.15) is 0 Å². The molecule has 0 unspecified atom stereocenters. The number of aliphatic imine (C=N–C) groups is 1. The van der Waals surface area contributed by atoms with Crippen molar-refractivity contribution in [2.24, 2.45) is 4.99 Å². The fraction of sp³-hybridized carbons (Fsp3) is 0.579. The van der Waals surface area contributed by atoms with Gasteiger partial charge in [-0.05, 0) is 37.5 Å². The Morgan fingerprint density at radius 2 is 1.96 bits per heavy atom. The maximum Gasteiger partial charge on any atom is 0.244 e. The Bertz CT molecular complexity index is 615. The maximum atomic E-state index is 12.2. The molecule has 1 fully saturated rings. The largest absolute Gasteiger partial charge is 0.357 e. The normalized spacial score (nSPS) is 14.8. The maximum absolute atomic E-state index is 12.2. The number of guanidine groups is 1. The van der Waals surface area contributed by atoms with Gasteiger partial charge in [0.25, 0.3) is 0 Å². The van der Waals surface area contributed by atoms with Gasteiger partial charge >= 0.3 is 0 Å². The number of hydrogen-bond acceptors (Lipinski definition) is 2. The first-order chi connectivity index (χ1) is 11.9. The van der Waals surface area contributed by atoms with Crippen LogP contribution in [0.3, 0.4) is 0 Å². The highest BCUT2D eigenvalue weighted by Crippen LogP contribution is 2.24. The topological polar surface area (TPSA) is 56.7 Å². The highest BCUT2D eigenvalue weighted by atomic mass is 127. The van der Waals surface area contributed by atoms with Crippen LogP contribution in [0.4, 0.5) is 0 Å². The monoisotopic (exact) mass is 492 g/mol. The van der Waals surface area contributed by atoms with Crippen LogP contribution in [0.5, 0.6) is 0 Å². The summed E-state index contributed by atoms with van der Waals surface area (Å²) in [5, 5.41) is 7.29. The van der Waals surface area contributed by atoms with Crippen molar-refractivity contribution in [3.63, 3.8) is 0 Å². The molecule has 1 saturated heterocycles. The molecular formula is C19H30ClIN4O. The summed E-state index contributed by atoms with van der Waals surface area (Å²) >= 11 is 6.11. The SMILES string of the molecule is CCNC(=NCC(=O)N1CCCC1)NCC(C)(C)c1cccc(Cl)c1.I. The highest BCUT2D eigenvalue weighted by molar-refractivity contribution is 14.0. The first-order valence-electron chi connectivity index (χ1n) is 8.98. The fourth-order valence-electron chi connectivity index (χ4n) is 2.87. The molecule has 1 aromatic carbocycles. The second-order valence-corrected chi connectivity index (χ2v) is 7.47. The van der Waals surface area contributed by atoms with E-state index < -0.39 is 0 Å². The summed E-state index contributed by atoms with van der Waals surface area (Å²) < 4.78 is 0. The molecule has 7 heteroatoms. The Kier molecular flexibility index (Phi) is 9.71. The summed E-state index contributed by atoms with van der Waals surface area (Å²) in [7, 11) is 0. The Balaban J connectivity index is 0.00000338. The van der Waals surface area contributed by atoms with Gasteiger partial charge in [0.15, 0.2) is 5.96 Å². The summed E-state index contributed by atoms with van der Waals surface area (Å²) in [6, 6.07) is 7.91. The minimum absolute atomic E-state index is 0. The third kappa shape index (κ3) is 6.95. The first-order valence-corrected chi connectivity index (χ1v) is 9.36. The molecule has 5 nitrogen and oxygen atoms in total. The van der Waals surface area contributed by atoms with E-state index in [0.717, 1.165) is 43.1 Å². The lowest BCUT2D eigenvalue weighted by Gasteiger charge is -2.27. The summed E-state index contributed by atoms with van der Waals surface area (Å²) in [5.41, 5.74) is 1.05. The van der Waals surface area contributed by atoms with Crippen molar-refractivity contribution in [3.8, 4) is 0 Å². The number of carbonyl (C=O) groups excluding carboxylic acids is 1. The van der Waals surface area contributed by atoms with Gasteiger partial charge in [-0.1, -0.05) is 37.6 Å². The first kappa shape index (κ1) is 23.0. The number of likely N-dealkylation sites (tertiary alicyclic amines) is 1. The van der Waals surface area contributed by atoms with Gasteiger partial charge in [0.1, 0.15) is 6.54 Å². The molecule has 0 saturated carbocycles. The van der Waals surface area contributed by atoms with Gasteiger partial charge in [0.05, 0.1) is 0 Å². The number of halogens is 2. The molecule has 2 rings (SSSR count). The molecule has 26 heavy (non-hydrogen) atoms. The number of rotatable bonds is 6. The van der Waals surface area contributed by atoms with Gasteiger partial charge in [-0.25, -0.2) is 4.99 Å². The van der Waals surface area contributed by atoms with Crippen molar-refractivity contribution in [2.45, 2.75) is 39.0 Å². The van der Waals surface area contributed by atoms with Gasteiger partial charge < -0.3 is 15.5 Å². The number of amides is 1. The number of nitrogens with zero attached hydrogens (tertiary/aromatic N) is 2. The Morgan fingerprint density at radius 1 is 1.27 bits per heavy atom. The average Bonchev–Trinajstić information content (AvgIpc) is 3.12. The number of nitrogens with one attached hydrogen (secondary N) is 2. The van der Waals surface area contributed by atoms with Crippen LogP contribution in [0, 0.1) is 0 Å². The third-order valence-electron chi connectivity index (χ3n) is 4.48. The molecule has 1 heterocycles. The van der Waals surface area contributed by atoms with Crippen molar-refractivity contribution < 1.29 is 4.79 Å². The van der Waals surface area contributed by atoms with Crippen molar-refractivity contribution in [1.82, 2.24) is 15.5 Å². The van der Waals surface area contributed by atoms with Crippen molar-refractivity contribution in [2.75, 3.05) is 32.7 Å². The summed E-state index contributed by atoms with van der Waals surface area (Å²) in [6.45, 7) is 9.68. The van der Waals surface area contributed by atoms with Crippen molar-refractivity contribution >= 4 is 47.4 Å². The predicted molar refractivity (Wildman–Crippen MR) is 120 cm³/mol. The van der Waals surface area contributed by atoms with Crippen LogP contribution in [0.2, 0.25) is 5.02 Å². The van der Waals surface area contributed by atoms with E-state index in [-0.39, 0.29) is 41.8 Å². The second kappa shape index (κ2) is 11.0. The van der Waals surface area contributed by atoms with Crippen LogP contribution in [-0.4, -0.2) is 49.5 Å². The number of hydrogen-bond donors (Lipinski definition) is 2. The van der Waals surface area contributed by atoms with Crippen LogP contribution in [-0.2, 0) is 10.2 Å². The molecule has 146 valence electrons. The zero-order chi connectivity index (χ0) is 18.3. The van der Waals surface area contributed by atoms with E-state index in [4.69, 9.17) is 11.6 Å². The van der Waals surface area contributed by atoms with Crippen LogP contribution in [0.25, 0.3) is 0 Å². The third-order valence-corrected chi connectivity index (χ3v) is 4.71. The lowest BCUT2D eigenvalue weighted by atomic mass is 9.84. The number of benzene rings is 1. The van der Waals surface area contributed by atoms with Gasteiger partial charge in [0.2, 0.25) is 5.91 Å². The molecule has 0 spiro atoms. The van der Waals surface area contributed by atoms with E-state index in [1.165, 1.54) is 0 Å². The van der Waals surface area contributed by atoms with E-state index in [0.29, 0.717) is 12.5 Å². The zero-order valence-corrected chi connectivity index (χ0v) is 18.9. The molecule has 1 amide bonds. The molecule has 1 aliphatic heterocycles. The van der Waals surface area contributed by atoms with Crippen LogP contribution in [0.1, 0.15) is 39.2 Å². The molecule has 0 atom stereocenters. The standard InChI is InChI=1S/C19H29ClN4O.HI/c1-4-21-18(22-13-17(25)24-10-5-6-11-24)23-14-19(2,3)15-8-7-9-16(20)12-15;/h7-9,12H,4-6,10-11,13-14H2,1-3H3,(H2,21,22,23);1H. The second-order valence-electron chi connectivity index (χ2n) is 7.03. The number of carbonyl (C=O) groups is 1. The van der Waals surface area contributed by atoms with Crippen LogP contribution >= 0.6 is 35.6 Å². The molecule has 0 aliphatic carbocycles. The molecule has 0 aromatic heterocycles. The molecule has 2 N–H and O–H groups in total. The summed E-state index contributed by atoms with van der Waals surface area (Å²) in [6.07, 6.45) is 2.20. The molecule has 0 radical (unpaired) electrons. The van der Waals surface area contributed by atoms with E-state index in [1.54, 1.807) is 0 Å². The Hall–Kier alpha value is -1.02. The van der Waals surface area contributed by atoms with E-state index in [9.17, 15) is 4.79 Å². The lowest BCUT2D eigenvalue weighted by Crippen LogP contribution is -2.44. The van der Waals surface area contributed by atoms with Crippen molar-refractivity contribution in [1.29, 1.82) is 0 Å². The minimum Gasteiger partial charge on any atom is -0.357 e. The van der Waals surface area contributed by atoms with Gasteiger partial charge in [-0.15, -0.1) is 24.0 Å². The van der Waals surface area contributed by atoms with E-state index >= 15 is 0 Å². The molecule has 0 bridgehead atoms. The van der Waals surface area contributed by atoms with Crippen LogP contribution in [0.15, 0.2) is 29.3 Å². The smallest absolute Gasteiger partial charge is 0.244 e. The fourth-order valence-corrected chi connectivity index (χ4v) is 3.06. The van der Waals surface area contributed by atoms with E-state index in [1.807, 2.05) is 30.0 Å². The van der Waals surface area contributed by atoms with Gasteiger partial charge in [0, 0.05) is 36.6 Å². The summed E-state index contributed by atoms with van der Waals surface area (Å²) in [5.74, 6) is 0.772. The highest BCUT2D eigenvalue weighted by Gasteiger charge is 2.22. The average molecular weight is 493 g/mol. The van der Waals surface area contributed by atoms with Crippen LogP contribution < -0.4 is 10.6 Å². The molecule has 1 aromatic rings. The van der Waals surface area contributed by atoms with E-state index in [2.05, 4.69) is 35.5 Å². The zero-order valence-electron chi connectivity index (χ0n) is 15.8. The van der Waals surface area contributed by atoms with Crippen molar-refractivity contribution in [3.05, 3.63) is 34.9 Å². The predicted octanol–water partition coefficient (Wildman–Crippen LogP) is 3.41. The molecular weight excluding hydrogens is 463 g/mol. The Morgan fingerprint density at radius 3 is 2.58 bits per heavy atom.